The van der Waals surface area contributed by atoms with Crippen molar-refractivity contribution in [2.75, 3.05) is 13.1 Å². The number of fused-ring (bicyclic) bond motifs is 1. The van der Waals surface area contributed by atoms with Gasteiger partial charge in [-0.05, 0) is 30.0 Å². The van der Waals surface area contributed by atoms with E-state index in [0.717, 1.165) is 19.5 Å². The molecule has 0 spiro atoms. The Kier molecular flexibility index (Phi) is 4.21. The van der Waals surface area contributed by atoms with Gasteiger partial charge in [0.05, 0.1) is 0 Å². The molecule has 1 unspecified atom stereocenters. The van der Waals surface area contributed by atoms with E-state index in [0.29, 0.717) is 12.6 Å². The van der Waals surface area contributed by atoms with Gasteiger partial charge in [0.25, 0.3) is 0 Å². The van der Waals surface area contributed by atoms with E-state index in [4.69, 9.17) is 17.3 Å². The van der Waals surface area contributed by atoms with Crippen molar-refractivity contribution in [3.05, 3.63) is 46.5 Å². The first-order valence-corrected chi connectivity index (χ1v) is 6.45. The van der Waals surface area contributed by atoms with Crippen LogP contribution in [0.5, 0.6) is 0 Å². The van der Waals surface area contributed by atoms with Gasteiger partial charge < -0.3 is 5.73 Å². The summed E-state index contributed by atoms with van der Waals surface area (Å²) in [5.74, 6) is 0. The minimum Gasteiger partial charge on any atom is -0.329 e. The summed E-state index contributed by atoms with van der Waals surface area (Å²) in [4.78, 5) is 2.41. The van der Waals surface area contributed by atoms with Gasteiger partial charge in [-0.2, -0.15) is 0 Å². The van der Waals surface area contributed by atoms with E-state index in [2.05, 4.69) is 36.1 Å². The molecule has 3 heteroatoms. The minimum atomic E-state index is 0.427. The van der Waals surface area contributed by atoms with Crippen LogP contribution in [0, 0.1) is 0 Å². The molecule has 0 fully saturated rings. The average molecular weight is 251 g/mol. The zero-order valence-electron chi connectivity index (χ0n) is 10.2. The van der Waals surface area contributed by atoms with Crippen molar-refractivity contribution in [1.29, 1.82) is 0 Å². The molecule has 0 radical (unpaired) electrons. The lowest BCUT2D eigenvalue weighted by atomic mass is 9.93. The lowest BCUT2D eigenvalue weighted by Crippen LogP contribution is -2.45. The summed E-state index contributed by atoms with van der Waals surface area (Å²) in [5, 5.41) is 0. The first-order valence-electron chi connectivity index (χ1n) is 6.01. The van der Waals surface area contributed by atoms with Gasteiger partial charge in [-0.3, -0.25) is 4.90 Å². The number of rotatable bonds is 3. The second kappa shape index (κ2) is 5.67. The van der Waals surface area contributed by atoms with Gasteiger partial charge in [0.15, 0.2) is 0 Å². The fourth-order valence-electron chi connectivity index (χ4n) is 2.41. The third-order valence-corrected chi connectivity index (χ3v) is 3.75. The number of hydrogen-bond donors (Lipinski definition) is 1. The molecule has 1 aliphatic heterocycles. The smallest absolute Gasteiger partial charge is 0.0265 e. The number of nitrogens with two attached hydrogens (primary N) is 1. The standard InChI is InChI=1S/C14H19ClN2/c1-11(7-15)9-17-10-13-5-3-2-4-12(13)6-14(17)8-16/h2-5,7,14H,6,8-10,16H2,1H3/b11-7-. The Morgan fingerprint density at radius 2 is 2.18 bits per heavy atom. The first-order chi connectivity index (χ1) is 8.24. The molecule has 17 heavy (non-hydrogen) atoms. The summed E-state index contributed by atoms with van der Waals surface area (Å²) >= 11 is 5.74. The van der Waals surface area contributed by atoms with E-state index in [-0.39, 0.29) is 0 Å². The maximum absolute atomic E-state index is 5.87. The molecule has 2 rings (SSSR count). The van der Waals surface area contributed by atoms with Crippen molar-refractivity contribution in [2.45, 2.75) is 25.9 Å². The number of benzene rings is 1. The summed E-state index contributed by atoms with van der Waals surface area (Å²) in [7, 11) is 0. The minimum absolute atomic E-state index is 0.427. The molecule has 0 bridgehead atoms. The number of hydrogen-bond acceptors (Lipinski definition) is 2. The maximum Gasteiger partial charge on any atom is 0.0265 e. The highest BCUT2D eigenvalue weighted by Crippen LogP contribution is 2.23. The highest BCUT2D eigenvalue weighted by molar-refractivity contribution is 6.25. The lowest BCUT2D eigenvalue weighted by Gasteiger charge is -2.36. The van der Waals surface area contributed by atoms with Gasteiger partial charge in [-0.25, -0.2) is 0 Å². The SMILES string of the molecule is C/C(=C/Cl)CN1Cc2ccccc2CC1CN. The molecule has 1 aromatic rings. The van der Waals surface area contributed by atoms with Crippen molar-refractivity contribution in [2.24, 2.45) is 5.73 Å². The summed E-state index contributed by atoms with van der Waals surface area (Å²) in [6, 6.07) is 9.04. The van der Waals surface area contributed by atoms with Crippen molar-refractivity contribution < 1.29 is 0 Å². The van der Waals surface area contributed by atoms with Crippen LogP contribution >= 0.6 is 11.6 Å². The summed E-state index contributed by atoms with van der Waals surface area (Å²) < 4.78 is 0. The molecule has 0 saturated carbocycles. The zero-order valence-corrected chi connectivity index (χ0v) is 11.0. The topological polar surface area (TPSA) is 29.3 Å². The summed E-state index contributed by atoms with van der Waals surface area (Å²) in [6.07, 6.45) is 1.04. The van der Waals surface area contributed by atoms with Crippen molar-refractivity contribution in [3.8, 4) is 0 Å². The molecule has 1 atom stereocenters. The van der Waals surface area contributed by atoms with E-state index >= 15 is 0 Å². The van der Waals surface area contributed by atoms with Crippen LogP contribution in [0.4, 0.5) is 0 Å². The molecule has 92 valence electrons. The van der Waals surface area contributed by atoms with Gasteiger partial charge in [0, 0.05) is 31.2 Å². The third kappa shape index (κ3) is 2.89. The molecular formula is C14H19ClN2. The Bertz CT molecular complexity index is 414. The Morgan fingerprint density at radius 1 is 1.47 bits per heavy atom. The number of nitrogens with zero attached hydrogens (tertiary/aromatic N) is 1. The first kappa shape index (κ1) is 12.6. The maximum atomic E-state index is 5.87. The van der Waals surface area contributed by atoms with Gasteiger partial charge in [0.2, 0.25) is 0 Å². The highest BCUT2D eigenvalue weighted by atomic mass is 35.5. The molecule has 0 aliphatic carbocycles. The van der Waals surface area contributed by atoms with Crippen LogP contribution in [0.3, 0.4) is 0 Å². The van der Waals surface area contributed by atoms with Crippen molar-refractivity contribution in [1.82, 2.24) is 4.90 Å². The van der Waals surface area contributed by atoms with Crippen LogP contribution in [0.1, 0.15) is 18.1 Å². The van der Waals surface area contributed by atoms with Crippen LogP contribution in [0.25, 0.3) is 0 Å². The quantitative estimate of drug-likeness (QED) is 0.893. The van der Waals surface area contributed by atoms with Gasteiger partial charge in [0.1, 0.15) is 0 Å². The van der Waals surface area contributed by atoms with E-state index in [1.54, 1.807) is 5.54 Å². The van der Waals surface area contributed by atoms with E-state index < -0.39 is 0 Å². The van der Waals surface area contributed by atoms with E-state index in [1.807, 2.05) is 0 Å². The van der Waals surface area contributed by atoms with E-state index in [1.165, 1.54) is 16.7 Å². The van der Waals surface area contributed by atoms with E-state index in [9.17, 15) is 0 Å². The summed E-state index contributed by atoms with van der Waals surface area (Å²) in [6.45, 7) is 4.63. The Morgan fingerprint density at radius 3 is 2.82 bits per heavy atom. The fraction of sp³-hybridized carbons (Fsp3) is 0.429. The van der Waals surface area contributed by atoms with Gasteiger partial charge in [-0.1, -0.05) is 35.9 Å². The molecule has 1 aromatic carbocycles. The Hall–Kier alpha value is -0.830. The average Bonchev–Trinajstić information content (AvgIpc) is 2.37. The van der Waals surface area contributed by atoms with Crippen molar-refractivity contribution in [3.63, 3.8) is 0 Å². The second-order valence-electron chi connectivity index (χ2n) is 4.72. The van der Waals surface area contributed by atoms with Crippen LogP contribution in [-0.2, 0) is 13.0 Å². The van der Waals surface area contributed by atoms with Crippen LogP contribution in [0.2, 0.25) is 0 Å². The molecule has 0 saturated heterocycles. The van der Waals surface area contributed by atoms with Gasteiger partial charge >= 0.3 is 0 Å². The molecule has 0 amide bonds. The predicted molar refractivity (Wildman–Crippen MR) is 73.0 cm³/mol. The largest absolute Gasteiger partial charge is 0.329 e. The van der Waals surface area contributed by atoms with Gasteiger partial charge in [-0.15, -0.1) is 0 Å². The molecular weight excluding hydrogens is 232 g/mol. The third-order valence-electron chi connectivity index (χ3n) is 3.37. The normalized spacial score (nSPS) is 21.4. The molecule has 2 nitrogen and oxygen atoms in total. The fourth-order valence-corrected chi connectivity index (χ4v) is 2.48. The second-order valence-corrected chi connectivity index (χ2v) is 4.94. The highest BCUT2D eigenvalue weighted by Gasteiger charge is 2.24. The molecule has 2 N–H and O–H groups in total. The molecule has 0 aromatic heterocycles. The predicted octanol–water partition coefficient (Wildman–Crippen LogP) is 2.51. The van der Waals surface area contributed by atoms with Crippen LogP contribution in [-0.4, -0.2) is 24.0 Å². The number of halogens is 1. The monoisotopic (exact) mass is 250 g/mol. The molecule has 1 aliphatic rings. The Labute approximate surface area is 108 Å². The molecule has 1 heterocycles. The lowest BCUT2D eigenvalue weighted by molar-refractivity contribution is 0.192. The summed E-state index contributed by atoms with van der Waals surface area (Å²) in [5.41, 5.74) is 11.6. The van der Waals surface area contributed by atoms with Crippen LogP contribution in [0.15, 0.2) is 35.4 Å². The van der Waals surface area contributed by atoms with Crippen LogP contribution < -0.4 is 5.73 Å². The Balaban J connectivity index is 2.18. The zero-order chi connectivity index (χ0) is 12.3. The van der Waals surface area contributed by atoms with Crippen molar-refractivity contribution >= 4 is 11.6 Å².